The van der Waals surface area contributed by atoms with Gasteiger partial charge in [0.05, 0.1) is 11.9 Å². The molecule has 0 aliphatic heterocycles. The smallest absolute Gasteiger partial charge is 0.338 e. The number of carboxylic acid groups (broad SMARTS) is 1. The van der Waals surface area contributed by atoms with Crippen LogP contribution in [0.15, 0.2) is 24.7 Å². The zero-order valence-electron chi connectivity index (χ0n) is 9.54. The fraction of sp³-hybridized carbons (Fsp3) is 0.167. The van der Waals surface area contributed by atoms with Crippen LogP contribution in [-0.2, 0) is 0 Å². The fourth-order valence-corrected chi connectivity index (χ4v) is 1.81. The van der Waals surface area contributed by atoms with Crippen LogP contribution < -0.4 is 5.11 Å². The number of nitrogens with zero attached hydrogens (tertiary/aromatic N) is 1. The molecule has 1 aromatic carbocycles. The molecule has 0 aliphatic carbocycles. The largest absolute Gasteiger partial charge is 0.872 e. The van der Waals surface area contributed by atoms with Gasteiger partial charge in [0.2, 0.25) is 0 Å². The molecule has 0 aliphatic rings. The lowest BCUT2D eigenvalue weighted by Crippen LogP contribution is -2.09. The molecule has 18 heavy (non-hydrogen) atoms. The van der Waals surface area contributed by atoms with E-state index < -0.39 is 23.0 Å². The van der Waals surface area contributed by atoms with Gasteiger partial charge in [0.15, 0.2) is 0 Å². The van der Waals surface area contributed by atoms with Gasteiger partial charge in [-0.15, -0.1) is 0 Å². The normalized spacial score (nSPS) is 12.3. The molecule has 94 valence electrons. The van der Waals surface area contributed by atoms with Gasteiger partial charge in [-0.1, -0.05) is 18.7 Å². The first-order chi connectivity index (χ1) is 8.52. The number of rotatable bonds is 3. The molecule has 1 aromatic heterocycles. The highest BCUT2D eigenvalue weighted by Crippen LogP contribution is 2.34. The quantitative estimate of drug-likeness (QED) is 0.750. The van der Waals surface area contributed by atoms with Crippen LogP contribution in [-0.4, -0.2) is 26.2 Å². The second-order valence-corrected chi connectivity index (χ2v) is 3.91. The van der Waals surface area contributed by atoms with Crippen molar-refractivity contribution < 1.29 is 20.1 Å². The van der Waals surface area contributed by atoms with E-state index in [1.807, 2.05) is 0 Å². The average Bonchev–Trinajstić information content (AvgIpc) is 2.81. The maximum absolute atomic E-state index is 12.0. The highest BCUT2D eigenvalue weighted by molar-refractivity contribution is 5.94. The van der Waals surface area contributed by atoms with Crippen LogP contribution in [0.2, 0.25) is 0 Å². The van der Waals surface area contributed by atoms with Gasteiger partial charge >= 0.3 is 5.97 Å². The number of aromatic amines is 1. The lowest BCUT2D eigenvalue weighted by molar-refractivity contribution is -0.270. The molecule has 0 saturated carbocycles. The van der Waals surface area contributed by atoms with Crippen molar-refractivity contribution in [1.82, 2.24) is 9.97 Å². The predicted octanol–water partition coefficient (Wildman–Crippen LogP) is 1.04. The zero-order chi connectivity index (χ0) is 13.3. The Morgan fingerprint density at radius 1 is 1.50 bits per heavy atom. The van der Waals surface area contributed by atoms with Crippen LogP contribution in [0.5, 0.6) is 11.5 Å². The second kappa shape index (κ2) is 4.40. The van der Waals surface area contributed by atoms with Gasteiger partial charge in [0.1, 0.15) is 5.75 Å². The standard InChI is InChI=1S/C12H12N2O4/c1-6(8-4-13-5-14-8)7-2-3-9(15)10(11(7)16)12(17)18/h2-6,15-16H,1H3,(H,13,14)(H,17,18)/p-1. The monoisotopic (exact) mass is 247 g/mol. The van der Waals surface area contributed by atoms with Crippen molar-refractivity contribution in [3.05, 3.63) is 41.5 Å². The number of hydrogen-bond acceptors (Lipinski definition) is 4. The Kier molecular flexibility index (Phi) is 2.93. The molecular weight excluding hydrogens is 236 g/mol. The maximum Gasteiger partial charge on any atom is 0.338 e. The number of carboxylic acids is 1. The van der Waals surface area contributed by atoms with Crippen molar-refractivity contribution in [2.45, 2.75) is 12.8 Å². The summed E-state index contributed by atoms with van der Waals surface area (Å²) in [7, 11) is 0. The van der Waals surface area contributed by atoms with Crippen LogP contribution in [0.25, 0.3) is 0 Å². The van der Waals surface area contributed by atoms with Crippen LogP contribution >= 0.6 is 0 Å². The highest BCUT2D eigenvalue weighted by atomic mass is 16.4. The van der Waals surface area contributed by atoms with Gasteiger partial charge in [0.25, 0.3) is 0 Å². The van der Waals surface area contributed by atoms with E-state index in [1.165, 1.54) is 18.5 Å². The van der Waals surface area contributed by atoms with Gasteiger partial charge in [-0.25, -0.2) is 9.78 Å². The van der Waals surface area contributed by atoms with Crippen LogP contribution in [0.1, 0.15) is 34.5 Å². The Labute approximate surface area is 103 Å². The number of nitrogens with one attached hydrogen (secondary N) is 1. The maximum atomic E-state index is 12.0. The number of H-pyrrole nitrogens is 1. The number of aromatic carboxylic acids is 1. The summed E-state index contributed by atoms with van der Waals surface area (Å²) >= 11 is 0. The number of carbonyl (C=O) groups is 1. The molecule has 1 unspecified atom stereocenters. The van der Waals surface area contributed by atoms with E-state index in [0.29, 0.717) is 11.3 Å². The van der Waals surface area contributed by atoms with E-state index in [4.69, 9.17) is 5.11 Å². The number of aromatic nitrogens is 2. The molecule has 6 nitrogen and oxygen atoms in total. The first-order valence-electron chi connectivity index (χ1n) is 5.26. The zero-order valence-corrected chi connectivity index (χ0v) is 9.54. The van der Waals surface area contributed by atoms with Gasteiger partial charge in [0, 0.05) is 17.8 Å². The van der Waals surface area contributed by atoms with Crippen molar-refractivity contribution in [3.63, 3.8) is 0 Å². The minimum absolute atomic E-state index is 0.300. The Bertz CT molecular complexity index is 578. The summed E-state index contributed by atoms with van der Waals surface area (Å²) in [6.45, 7) is 1.76. The van der Waals surface area contributed by atoms with E-state index >= 15 is 0 Å². The molecule has 6 heteroatoms. The number of hydrogen-bond donors (Lipinski definition) is 3. The second-order valence-electron chi connectivity index (χ2n) is 3.91. The number of phenols is 1. The van der Waals surface area contributed by atoms with E-state index in [0.717, 1.165) is 0 Å². The van der Waals surface area contributed by atoms with E-state index in [9.17, 15) is 15.0 Å². The lowest BCUT2D eigenvalue weighted by Gasteiger charge is -2.21. The SMILES string of the molecule is CC(c1cnc[nH]1)c1ccc(O)c(C(=O)O)c1[O-]. The minimum atomic E-state index is -1.43. The van der Waals surface area contributed by atoms with Crippen molar-refractivity contribution in [3.8, 4) is 11.5 Å². The molecule has 0 amide bonds. The van der Waals surface area contributed by atoms with E-state index in [-0.39, 0.29) is 5.92 Å². The summed E-state index contributed by atoms with van der Waals surface area (Å²) in [6, 6.07) is 2.64. The summed E-state index contributed by atoms with van der Waals surface area (Å²) in [5.41, 5.74) is 0.405. The van der Waals surface area contributed by atoms with Gasteiger partial charge in [-0.3, -0.25) is 0 Å². The minimum Gasteiger partial charge on any atom is -0.872 e. The molecule has 1 heterocycles. The van der Waals surface area contributed by atoms with Crippen molar-refractivity contribution in [2.75, 3.05) is 0 Å². The summed E-state index contributed by atoms with van der Waals surface area (Å²) < 4.78 is 0. The molecular formula is C12H11N2O4-. The molecule has 0 radical (unpaired) electrons. The topological polar surface area (TPSA) is 109 Å². The molecule has 0 saturated heterocycles. The van der Waals surface area contributed by atoms with Gasteiger partial charge in [-0.05, 0) is 11.6 Å². The first-order valence-corrected chi connectivity index (χ1v) is 5.26. The summed E-state index contributed by atoms with van der Waals surface area (Å²) in [5.74, 6) is -2.95. The van der Waals surface area contributed by atoms with E-state index in [1.54, 1.807) is 13.1 Å². The summed E-state index contributed by atoms with van der Waals surface area (Å²) in [5, 5.41) is 30.3. The fourth-order valence-electron chi connectivity index (χ4n) is 1.81. The number of aromatic hydroxyl groups is 1. The van der Waals surface area contributed by atoms with Crippen molar-refractivity contribution in [1.29, 1.82) is 0 Å². The third-order valence-corrected chi connectivity index (χ3v) is 2.83. The third kappa shape index (κ3) is 1.88. The molecule has 1 atom stereocenters. The van der Waals surface area contributed by atoms with Crippen LogP contribution in [0, 0.1) is 0 Å². The number of benzene rings is 1. The average molecular weight is 247 g/mol. The van der Waals surface area contributed by atoms with Crippen molar-refractivity contribution >= 4 is 5.97 Å². The Balaban J connectivity index is 2.53. The predicted molar refractivity (Wildman–Crippen MR) is 60.6 cm³/mol. The molecule has 0 bridgehead atoms. The Hall–Kier alpha value is -2.50. The van der Waals surface area contributed by atoms with E-state index in [2.05, 4.69) is 9.97 Å². The molecule has 0 spiro atoms. The molecule has 2 aromatic rings. The third-order valence-electron chi connectivity index (χ3n) is 2.83. The van der Waals surface area contributed by atoms with Gasteiger partial charge in [-0.2, -0.15) is 0 Å². The molecule has 2 rings (SSSR count). The van der Waals surface area contributed by atoms with Gasteiger partial charge < -0.3 is 20.3 Å². The molecule has 3 N–H and O–H groups in total. The Morgan fingerprint density at radius 3 is 2.78 bits per heavy atom. The Morgan fingerprint density at radius 2 is 2.22 bits per heavy atom. The van der Waals surface area contributed by atoms with Crippen LogP contribution in [0.4, 0.5) is 0 Å². The first kappa shape index (κ1) is 12.0. The summed E-state index contributed by atoms with van der Waals surface area (Å²) in [6.07, 6.45) is 3.05. The number of imidazole rings is 1. The lowest BCUT2D eigenvalue weighted by atomic mass is 9.94. The summed E-state index contributed by atoms with van der Waals surface area (Å²) in [4.78, 5) is 17.6. The highest BCUT2D eigenvalue weighted by Gasteiger charge is 2.17. The molecule has 0 fully saturated rings. The van der Waals surface area contributed by atoms with Crippen LogP contribution in [0.3, 0.4) is 0 Å². The van der Waals surface area contributed by atoms with Crippen molar-refractivity contribution in [2.24, 2.45) is 0 Å².